The summed E-state index contributed by atoms with van der Waals surface area (Å²) in [5, 5.41) is 0. The molecule has 0 aromatic heterocycles. The number of hydrogen-bond donors (Lipinski definition) is 1. The van der Waals surface area contributed by atoms with Gasteiger partial charge in [0.05, 0.1) is 0 Å². The van der Waals surface area contributed by atoms with Crippen LogP contribution in [0.25, 0.3) is 0 Å². The van der Waals surface area contributed by atoms with Crippen LogP contribution in [0.4, 0.5) is 0 Å². The Morgan fingerprint density at radius 2 is 1.65 bits per heavy atom. The zero-order valence-corrected chi connectivity index (χ0v) is 10.6. The van der Waals surface area contributed by atoms with Gasteiger partial charge in [-0.15, -0.1) is 0 Å². The van der Waals surface area contributed by atoms with Gasteiger partial charge in [0.25, 0.3) is 0 Å². The minimum absolute atomic E-state index is 0.123. The molecule has 0 spiro atoms. The lowest BCUT2D eigenvalue weighted by atomic mass is 9.49. The lowest BCUT2D eigenvalue weighted by molar-refractivity contribution is -0.127. The summed E-state index contributed by atoms with van der Waals surface area (Å²) in [5.74, 6) is 2.07. The summed E-state index contributed by atoms with van der Waals surface area (Å²) in [6, 6.07) is 0. The first kappa shape index (κ1) is 11.7. The number of hydrogen-bond acceptors (Lipinski definition) is 3. The van der Waals surface area contributed by atoms with Crippen LogP contribution in [-0.2, 0) is 16.1 Å². The highest BCUT2D eigenvalue weighted by Crippen LogP contribution is 2.61. The molecule has 4 saturated carbocycles. The zero-order valence-electron chi connectivity index (χ0n) is 9.81. The van der Waals surface area contributed by atoms with Gasteiger partial charge < -0.3 is 4.55 Å². The number of rotatable bonds is 3. The Balaban J connectivity index is 1.70. The number of carbonyl (C=O) groups excluding carboxylic acids is 1. The maximum Gasteiger partial charge on any atom is 0.231 e. The summed E-state index contributed by atoms with van der Waals surface area (Å²) < 4.78 is 22.9. The monoisotopic (exact) mass is 256 g/mol. The fourth-order valence-electron chi connectivity index (χ4n) is 4.98. The van der Waals surface area contributed by atoms with Crippen molar-refractivity contribution < 1.29 is 13.6 Å². The highest BCUT2D eigenvalue weighted by atomic mass is 32.2. The fourth-order valence-corrected chi connectivity index (χ4v) is 5.23. The van der Waals surface area contributed by atoms with E-state index < -0.39 is 11.3 Å². The first-order valence-electron chi connectivity index (χ1n) is 6.43. The Labute approximate surface area is 104 Å². The molecule has 4 aliphatic rings. The second-order valence-electron chi connectivity index (χ2n) is 6.35. The average molecular weight is 256 g/mol. The standard InChI is InChI=1S/C12H19NO3S/c14-11(13-17(15)16)7-12-4-8-1-9(5-12)3-10(2-8)6-12/h8-10H,1-7H2,(H,13,14)(H,15,16)/p-1. The van der Waals surface area contributed by atoms with Crippen molar-refractivity contribution in [1.29, 1.82) is 0 Å². The third-order valence-electron chi connectivity index (χ3n) is 4.90. The molecule has 0 aliphatic heterocycles. The Kier molecular flexibility index (Phi) is 2.78. The molecule has 0 radical (unpaired) electrons. The number of carbonyl (C=O) groups is 1. The number of nitrogens with one attached hydrogen (secondary N) is 1. The highest BCUT2D eigenvalue weighted by Gasteiger charge is 2.51. The van der Waals surface area contributed by atoms with Crippen molar-refractivity contribution in [2.24, 2.45) is 23.2 Å². The maximum absolute atomic E-state index is 11.6. The lowest BCUT2D eigenvalue weighted by Gasteiger charge is -2.56. The van der Waals surface area contributed by atoms with Crippen molar-refractivity contribution in [2.75, 3.05) is 0 Å². The van der Waals surface area contributed by atoms with Crippen LogP contribution in [0.3, 0.4) is 0 Å². The highest BCUT2D eigenvalue weighted by molar-refractivity contribution is 7.77. The van der Waals surface area contributed by atoms with E-state index in [1.54, 1.807) is 0 Å². The normalized spacial score (nSPS) is 44.6. The van der Waals surface area contributed by atoms with Crippen LogP contribution in [0, 0.1) is 23.2 Å². The molecule has 0 aromatic rings. The van der Waals surface area contributed by atoms with E-state index in [1.165, 1.54) is 19.3 Å². The molecule has 0 heterocycles. The van der Waals surface area contributed by atoms with E-state index in [9.17, 15) is 13.6 Å². The van der Waals surface area contributed by atoms with Crippen molar-refractivity contribution in [3.8, 4) is 0 Å². The van der Waals surface area contributed by atoms with Crippen molar-refractivity contribution in [2.45, 2.75) is 44.9 Å². The summed E-state index contributed by atoms with van der Waals surface area (Å²) in [5.41, 5.74) is 0.123. The third-order valence-corrected chi connectivity index (χ3v) is 5.29. The molecule has 4 rings (SSSR count). The van der Waals surface area contributed by atoms with E-state index in [0.717, 1.165) is 37.0 Å². The van der Waals surface area contributed by atoms with Gasteiger partial charge in [0.1, 0.15) is 0 Å². The predicted octanol–water partition coefficient (Wildman–Crippen LogP) is 1.50. The molecule has 1 N–H and O–H groups in total. The molecule has 5 heteroatoms. The third kappa shape index (κ3) is 2.27. The lowest BCUT2D eigenvalue weighted by Crippen LogP contribution is -2.48. The zero-order chi connectivity index (χ0) is 12.0. The summed E-state index contributed by atoms with van der Waals surface area (Å²) in [6.45, 7) is 0. The van der Waals surface area contributed by atoms with Crippen molar-refractivity contribution in [3.63, 3.8) is 0 Å². The molecule has 1 atom stereocenters. The fraction of sp³-hybridized carbons (Fsp3) is 0.917. The van der Waals surface area contributed by atoms with E-state index in [0.29, 0.717) is 6.42 Å². The van der Waals surface area contributed by atoms with E-state index in [-0.39, 0.29) is 11.3 Å². The molecular weight excluding hydrogens is 238 g/mol. The van der Waals surface area contributed by atoms with Crippen LogP contribution in [-0.4, -0.2) is 14.7 Å². The predicted molar refractivity (Wildman–Crippen MR) is 62.3 cm³/mol. The Bertz CT molecular complexity index is 333. The molecular formula is C12H18NO3S-. The molecule has 1 amide bonds. The smallest absolute Gasteiger partial charge is 0.231 e. The van der Waals surface area contributed by atoms with Gasteiger partial charge in [-0.05, 0) is 61.7 Å². The van der Waals surface area contributed by atoms with Gasteiger partial charge >= 0.3 is 0 Å². The summed E-state index contributed by atoms with van der Waals surface area (Å²) >= 11 is -2.46. The van der Waals surface area contributed by atoms with Crippen molar-refractivity contribution in [3.05, 3.63) is 0 Å². The van der Waals surface area contributed by atoms with Crippen LogP contribution < -0.4 is 4.72 Å². The van der Waals surface area contributed by atoms with Gasteiger partial charge in [-0.25, -0.2) is 0 Å². The first-order valence-corrected chi connectivity index (χ1v) is 7.51. The van der Waals surface area contributed by atoms with Gasteiger partial charge in [-0.3, -0.25) is 13.7 Å². The van der Waals surface area contributed by atoms with Gasteiger partial charge in [0.2, 0.25) is 5.91 Å². The van der Waals surface area contributed by atoms with Gasteiger partial charge in [0, 0.05) is 17.7 Å². The largest absolute Gasteiger partial charge is 0.755 e. The topological polar surface area (TPSA) is 69.2 Å². The van der Waals surface area contributed by atoms with Gasteiger partial charge in [0.15, 0.2) is 0 Å². The summed E-state index contributed by atoms with van der Waals surface area (Å²) in [4.78, 5) is 11.6. The molecule has 4 aliphatic carbocycles. The molecule has 4 bridgehead atoms. The van der Waals surface area contributed by atoms with Crippen LogP contribution in [0.5, 0.6) is 0 Å². The second kappa shape index (κ2) is 4.05. The van der Waals surface area contributed by atoms with Gasteiger partial charge in [-0.1, -0.05) is 0 Å². The van der Waals surface area contributed by atoms with E-state index in [2.05, 4.69) is 0 Å². The SMILES string of the molecule is O=C(CC12CC3CC(CC(C3)C1)C2)NS(=O)[O-]. The molecule has 0 saturated heterocycles. The molecule has 0 aromatic carbocycles. The summed E-state index contributed by atoms with van der Waals surface area (Å²) in [6.07, 6.45) is 7.84. The van der Waals surface area contributed by atoms with E-state index in [1.807, 2.05) is 4.72 Å². The Morgan fingerprint density at radius 1 is 1.18 bits per heavy atom. The number of amides is 1. The molecule has 1 unspecified atom stereocenters. The van der Waals surface area contributed by atoms with Gasteiger partial charge in [-0.2, -0.15) is 0 Å². The minimum atomic E-state index is -2.46. The minimum Gasteiger partial charge on any atom is -0.755 e. The Morgan fingerprint density at radius 3 is 2.06 bits per heavy atom. The van der Waals surface area contributed by atoms with Crippen molar-refractivity contribution in [1.82, 2.24) is 4.72 Å². The average Bonchev–Trinajstić information content (AvgIpc) is 2.11. The van der Waals surface area contributed by atoms with Crippen LogP contribution in [0.2, 0.25) is 0 Å². The maximum atomic E-state index is 11.6. The molecule has 96 valence electrons. The van der Waals surface area contributed by atoms with Crippen LogP contribution in [0.1, 0.15) is 44.9 Å². The molecule has 17 heavy (non-hydrogen) atoms. The first-order chi connectivity index (χ1) is 8.05. The quantitative estimate of drug-likeness (QED) is 0.778. The van der Waals surface area contributed by atoms with Crippen molar-refractivity contribution >= 4 is 17.2 Å². The molecule has 4 fully saturated rings. The summed E-state index contributed by atoms with van der Waals surface area (Å²) in [7, 11) is 0. The van der Waals surface area contributed by atoms with Crippen LogP contribution in [0.15, 0.2) is 0 Å². The van der Waals surface area contributed by atoms with E-state index >= 15 is 0 Å². The van der Waals surface area contributed by atoms with E-state index in [4.69, 9.17) is 0 Å². The Hall–Kier alpha value is -0.420. The van der Waals surface area contributed by atoms with Crippen LogP contribution >= 0.6 is 0 Å². The molecule has 4 nitrogen and oxygen atoms in total. The second-order valence-corrected chi connectivity index (χ2v) is 7.03.